The summed E-state index contributed by atoms with van der Waals surface area (Å²) in [7, 11) is 0. The summed E-state index contributed by atoms with van der Waals surface area (Å²) in [6.07, 6.45) is 4.39. The van der Waals surface area contributed by atoms with Crippen LogP contribution < -0.4 is 0 Å². The molecule has 3 heteroatoms. The van der Waals surface area contributed by atoms with Crippen LogP contribution in [0.5, 0.6) is 0 Å². The first-order chi connectivity index (χ1) is 10.2. The van der Waals surface area contributed by atoms with E-state index in [2.05, 4.69) is 11.9 Å². The molecule has 3 nitrogen and oxygen atoms in total. The number of nitrogens with zero attached hydrogens (tertiary/aromatic N) is 1. The van der Waals surface area contributed by atoms with Gasteiger partial charge in [0.25, 0.3) is 0 Å². The van der Waals surface area contributed by atoms with Gasteiger partial charge in [-0.1, -0.05) is 31.2 Å². The zero-order valence-corrected chi connectivity index (χ0v) is 11.8. The Labute approximate surface area is 123 Å². The molecule has 1 aromatic heterocycles. The van der Waals surface area contributed by atoms with Crippen LogP contribution >= 0.6 is 0 Å². The topological polar surface area (TPSA) is 47.0 Å². The minimum absolute atomic E-state index is 0.0200. The van der Waals surface area contributed by atoms with Crippen molar-refractivity contribution in [2.45, 2.75) is 26.2 Å². The van der Waals surface area contributed by atoms with Crippen LogP contribution in [0.4, 0.5) is 0 Å². The fraction of sp³-hybridized carbons (Fsp3) is 0.278. The van der Waals surface area contributed by atoms with Crippen LogP contribution in [0, 0.1) is 5.92 Å². The summed E-state index contributed by atoms with van der Waals surface area (Å²) in [5, 5.41) is 0. The van der Waals surface area contributed by atoms with Crippen LogP contribution in [-0.4, -0.2) is 16.6 Å². The lowest BCUT2D eigenvalue weighted by Crippen LogP contribution is -2.26. The second kappa shape index (κ2) is 4.35. The molecule has 0 saturated carbocycles. The molecule has 0 fully saturated rings. The minimum atomic E-state index is -0.0749. The van der Waals surface area contributed by atoms with Gasteiger partial charge in [0.2, 0.25) is 0 Å². The van der Waals surface area contributed by atoms with Gasteiger partial charge in [-0.25, -0.2) is 0 Å². The maximum atomic E-state index is 12.8. The number of carbonyl (C=O) groups is 2. The third-order valence-corrected chi connectivity index (χ3v) is 4.59. The van der Waals surface area contributed by atoms with E-state index in [4.69, 9.17) is 0 Å². The van der Waals surface area contributed by atoms with Crippen LogP contribution in [0.2, 0.25) is 0 Å². The number of hydrogen-bond donors (Lipinski definition) is 0. The van der Waals surface area contributed by atoms with Gasteiger partial charge in [-0.2, -0.15) is 0 Å². The molecule has 1 unspecified atom stereocenters. The lowest BCUT2D eigenvalue weighted by atomic mass is 9.78. The van der Waals surface area contributed by atoms with Crippen molar-refractivity contribution in [3.8, 4) is 0 Å². The van der Waals surface area contributed by atoms with Gasteiger partial charge < -0.3 is 0 Å². The first kappa shape index (κ1) is 12.5. The molecule has 0 N–H and O–H groups in total. The fourth-order valence-electron chi connectivity index (χ4n) is 3.45. The molecule has 0 amide bonds. The van der Waals surface area contributed by atoms with Gasteiger partial charge in [0.1, 0.15) is 0 Å². The van der Waals surface area contributed by atoms with Gasteiger partial charge in [0.05, 0.1) is 5.56 Å². The molecule has 0 bridgehead atoms. The van der Waals surface area contributed by atoms with Crippen molar-refractivity contribution in [2.75, 3.05) is 0 Å². The van der Waals surface area contributed by atoms with Crippen molar-refractivity contribution >= 4 is 11.6 Å². The van der Waals surface area contributed by atoms with Gasteiger partial charge in [-0.3, -0.25) is 14.6 Å². The highest BCUT2D eigenvalue weighted by Crippen LogP contribution is 2.34. The van der Waals surface area contributed by atoms with Gasteiger partial charge in [0.15, 0.2) is 11.6 Å². The van der Waals surface area contributed by atoms with E-state index in [1.54, 1.807) is 24.4 Å². The Morgan fingerprint density at radius 1 is 1.05 bits per heavy atom. The highest BCUT2D eigenvalue weighted by Gasteiger charge is 2.34. The summed E-state index contributed by atoms with van der Waals surface area (Å²) < 4.78 is 0. The first-order valence-corrected chi connectivity index (χ1v) is 7.36. The number of ketones is 2. The number of pyridine rings is 1. The summed E-state index contributed by atoms with van der Waals surface area (Å²) in [6, 6.07) is 7.07. The van der Waals surface area contributed by atoms with Crippen molar-refractivity contribution in [3.05, 3.63) is 64.0 Å². The molecule has 2 aliphatic rings. The molecule has 2 aromatic rings. The van der Waals surface area contributed by atoms with Crippen molar-refractivity contribution in [1.82, 2.24) is 4.98 Å². The number of carbonyl (C=O) groups excluding carboxylic acids is 2. The van der Waals surface area contributed by atoms with Gasteiger partial charge in [-0.05, 0) is 30.7 Å². The Morgan fingerprint density at radius 2 is 1.76 bits per heavy atom. The number of aromatic nitrogens is 1. The lowest BCUT2D eigenvalue weighted by molar-refractivity contribution is 0.0977. The quantitative estimate of drug-likeness (QED) is 0.634. The van der Waals surface area contributed by atoms with Crippen molar-refractivity contribution in [3.63, 3.8) is 0 Å². The zero-order valence-electron chi connectivity index (χ0n) is 11.8. The van der Waals surface area contributed by atoms with Gasteiger partial charge in [-0.15, -0.1) is 0 Å². The summed E-state index contributed by atoms with van der Waals surface area (Å²) in [6.45, 7) is 2.20. The van der Waals surface area contributed by atoms with Crippen LogP contribution in [0.15, 0.2) is 30.5 Å². The van der Waals surface area contributed by atoms with Gasteiger partial charge >= 0.3 is 0 Å². The van der Waals surface area contributed by atoms with Crippen molar-refractivity contribution < 1.29 is 9.59 Å². The number of hydrogen-bond acceptors (Lipinski definition) is 3. The highest BCUT2D eigenvalue weighted by atomic mass is 16.1. The normalized spacial score (nSPS) is 19.8. The Bertz CT molecular complexity index is 792. The average Bonchev–Trinajstić information content (AvgIpc) is 2.51. The molecule has 0 aliphatic heterocycles. The second-order valence-corrected chi connectivity index (χ2v) is 6.02. The Balaban J connectivity index is 1.98. The van der Waals surface area contributed by atoms with E-state index in [1.807, 2.05) is 6.07 Å². The summed E-state index contributed by atoms with van der Waals surface area (Å²) in [4.78, 5) is 29.9. The van der Waals surface area contributed by atoms with E-state index in [0.29, 0.717) is 28.2 Å². The third kappa shape index (κ3) is 1.70. The lowest BCUT2D eigenvalue weighted by Gasteiger charge is -2.26. The number of rotatable bonds is 0. The molecule has 2 aliphatic carbocycles. The van der Waals surface area contributed by atoms with Crippen molar-refractivity contribution in [2.24, 2.45) is 5.92 Å². The standard InChI is InChI=1S/C18H15NO2/c1-10-6-7-13-15(8-10)19-9-14-16(13)18(21)12-5-3-2-4-11(12)17(14)20/h2-5,9-10H,6-8H2,1H3. The van der Waals surface area contributed by atoms with Crippen molar-refractivity contribution in [1.29, 1.82) is 0 Å². The smallest absolute Gasteiger partial charge is 0.196 e. The SMILES string of the molecule is CC1CCc2c(ncc3c2C(=O)c2ccccc2C3=O)C1. The predicted molar refractivity (Wildman–Crippen MR) is 78.7 cm³/mol. The second-order valence-electron chi connectivity index (χ2n) is 6.02. The molecular weight excluding hydrogens is 262 g/mol. The molecule has 0 radical (unpaired) electrons. The predicted octanol–water partition coefficient (Wildman–Crippen LogP) is 2.98. The highest BCUT2D eigenvalue weighted by molar-refractivity contribution is 6.28. The molecule has 21 heavy (non-hydrogen) atoms. The molecular formula is C18H15NO2. The summed E-state index contributed by atoms with van der Waals surface area (Å²) >= 11 is 0. The molecule has 0 saturated heterocycles. The van der Waals surface area contributed by atoms with Crippen LogP contribution in [-0.2, 0) is 12.8 Å². The first-order valence-electron chi connectivity index (χ1n) is 7.36. The Hall–Kier alpha value is -2.29. The van der Waals surface area contributed by atoms with Crippen LogP contribution in [0.25, 0.3) is 0 Å². The van der Waals surface area contributed by atoms with E-state index in [-0.39, 0.29) is 11.6 Å². The van der Waals surface area contributed by atoms with Crippen LogP contribution in [0.1, 0.15) is 56.4 Å². The molecule has 1 atom stereocenters. The molecule has 104 valence electrons. The van der Waals surface area contributed by atoms with Crippen LogP contribution in [0.3, 0.4) is 0 Å². The minimum Gasteiger partial charge on any atom is -0.289 e. The fourth-order valence-corrected chi connectivity index (χ4v) is 3.45. The molecule has 1 heterocycles. The Morgan fingerprint density at radius 3 is 2.52 bits per heavy atom. The van der Waals surface area contributed by atoms with E-state index < -0.39 is 0 Å². The van der Waals surface area contributed by atoms with E-state index >= 15 is 0 Å². The van der Waals surface area contributed by atoms with E-state index in [0.717, 1.165) is 30.5 Å². The molecule has 0 spiro atoms. The zero-order chi connectivity index (χ0) is 14.6. The summed E-state index contributed by atoms with van der Waals surface area (Å²) in [5.74, 6) is 0.493. The largest absolute Gasteiger partial charge is 0.289 e. The third-order valence-electron chi connectivity index (χ3n) is 4.59. The maximum Gasteiger partial charge on any atom is 0.196 e. The Kier molecular flexibility index (Phi) is 2.58. The van der Waals surface area contributed by atoms with E-state index in [1.165, 1.54) is 0 Å². The molecule has 1 aromatic carbocycles. The number of fused-ring (bicyclic) bond motifs is 4. The van der Waals surface area contributed by atoms with E-state index in [9.17, 15) is 9.59 Å². The number of benzene rings is 1. The van der Waals surface area contributed by atoms with Gasteiger partial charge in [0, 0.05) is 28.6 Å². The summed E-state index contributed by atoms with van der Waals surface area (Å²) in [5.41, 5.74) is 4.11. The monoisotopic (exact) mass is 277 g/mol. The molecule has 4 rings (SSSR count). The average molecular weight is 277 g/mol. The maximum absolute atomic E-state index is 12.8.